The molecule has 2 aromatic heterocycles. The zero-order valence-electron chi connectivity index (χ0n) is 27.0. The highest BCUT2D eigenvalue weighted by atomic mass is 19.2. The molecule has 5 fully saturated rings. The van der Waals surface area contributed by atoms with Gasteiger partial charge in [-0.3, -0.25) is 14.3 Å². The minimum absolute atomic E-state index is 0.00505. The molecule has 4 aromatic rings. The van der Waals surface area contributed by atoms with Gasteiger partial charge in [-0.05, 0) is 55.8 Å². The van der Waals surface area contributed by atoms with E-state index in [-0.39, 0.29) is 65.6 Å². The predicted octanol–water partition coefficient (Wildman–Crippen LogP) is 3.81. The number of phenols is 1. The van der Waals surface area contributed by atoms with Gasteiger partial charge in [-0.25, -0.2) is 13.2 Å². The number of aromatic nitrogens is 3. The van der Waals surface area contributed by atoms with Gasteiger partial charge in [-0.15, -0.1) is 0 Å². The number of phenolic OH excluding ortho intramolecular Hbond substituents is 1. The lowest BCUT2D eigenvalue weighted by Gasteiger charge is -2.46. The van der Waals surface area contributed by atoms with E-state index in [2.05, 4.69) is 15.3 Å². The Morgan fingerprint density at radius 1 is 1.21 bits per heavy atom. The number of anilines is 1. The Labute approximate surface area is 250 Å². The Bertz CT molecular complexity index is 2010. The lowest BCUT2D eigenvalue weighted by Crippen LogP contribution is -2.61. The van der Waals surface area contributed by atoms with Crippen molar-refractivity contribution in [1.29, 1.82) is 0 Å². The van der Waals surface area contributed by atoms with Crippen LogP contribution in [0.1, 0.15) is 37.6 Å². The standard InChI is InChI=1S/C31H31F3N6O3/c32-18-12-31(7-1-8-38(31)14-18)16-43-30-36-27-22(28(37-30)40-15-19-3-4-20(40)13-35-19)6-9-39(29(27)42)24-11-21(41)10-17-2-5-23(33)26(34)25(17)24/h2,5-6,9-11,18-20,35,41H,1,3-4,7-8,12-16H2/t18-,19?,20?,31+/m1/s1/i8D2,16D2. The summed E-state index contributed by atoms with van der Waals surface area (Å²) in [4.78, 5) is 26.4. The number of aromatic hydroxyl groups is 1. The summed E-state index contributed by atoms with van der Waals surface area (Å²) in [5.74, 6) is -2.30. The van der Waals surface area contributed by atoms with E-state index in [4.69, 9.17) is 10.2 Å². The molecule has 9 nitrogen and oxygen atoms in total. The number of hydrogen-bond donors (Lipinski definition) is 2. The summed E-state index contributed by atoms with van der Waals surface area (Å²) in [6, 6.07) is 5.83. The SMILES string of the molecule is [2H]C1([2H])CC[C@@]2(C([2H])([2H])Oc3nc(N4CC5CCC4CN5)c4ccn(-c5cc(O)cc6ccc(F)c(F)c56)c(=O)c4n3)C[C@@H](F)CN12. The monoisotopic (exact) mass is 596 g/mol. The molecule has 0 aliphatic carbocycles. The number of fused-ring (bicyclic) bond motifs is 6. The van der Waals surface area contributed by atoms with Crippen LogP contribution in [0.25, 0.3) is 27.4 Å². The van der Waals surface area contributed by atoms with Crippen LogP contribution in [0, 0.1) is 11.6 Å². The topological polar surface area (TPSA) is 95.8 Å². The van der Waals surface area contributed by atoms with Crippen molar-refractivity contribution in [2.45, 2.75) is 55.9 Å². The number of nitrogens with one attached hydrogen (secondary N) is 1. The van der Waals surface area contributed by atoms with Gasteiger partial charge in [-0.1, -0.05) is 6.07 Å². The normalized spacial score (nSPS) is 29.8. The molecule has 9 rings (SSSR count). The van der Waals surface area contributed by atoms with Gasteiger partial charge in [0.2, 0.25) is 0 Å². The van der Waals surface area contributed by atoms with Gasteiger partial charge in [0.1, 0.15) is 29.8 Å². The van der Waals surface area contributed by atoms with E-state index in [1.807, 2.05) is 4.90 Å². The molecule has 0 amide bonds. The van der Waals surface area contributed by atoms with Crippen molar-refractivity contribution >= 4 is 27.5 Å². The second-order valence-electron chi connectivity index (χ2n) is 11.8. The quantitative estimate of drug-likeness (QED) is 0.359. The zero-order valence-corrected chi connectivity index (χ0v) is 23.0. The first-order valence-corrected chi connectivity index (χ1v) is 14.4. The summed E-state index contributed by atoms with van der Waals surface area (Å²) >= 11 is 0. The molecular weight excluding hydrogens is 561 g/mol. The third-order valence-electron chi connectivity index (χ3n) is 9.20. The highest BCUT2D eigenvalue weighted by Crippen LogP contribution is 2.41. The number of rotatable bonds is 5. The molecule has 224 valence electrons. The highest BCUT2D eigenvalue weighted by molar-refractivity contribution is 5.94. The number of alkyl halides is 1. The van der Waals surface area contributed by atoms with E-state index in [0.717, 1.165) is 29.5 Å². The van der Waals surface area contributed by atoms with Crippen LogP contribution in [-0.2, 0) is 0 Å². The van der Waals surface area contributed by atoms with E-state index in [1.165, 1.54) is 23.2 Å². The van der Waals surface area contributed by atoms with Crippen LogP contribution >= 0.6 is 0 Å². The number of ether oxygens (including phenoxy) is 1. The van der Waals surface area contributed by atoms with E-state index in [1.54, 1.807) is 6.07 Å². The van der Waals surface area contributed by atoms with Gasteiger partial charge in [0.15, 0.2) is 11.6 Å². The average Bonchev–Trinajstić information content (AvgIpc) is 3.53. The molecular formula is C31H31F3N6O3. The third-order valence-corrected chi connectivity index (χ3v) is 9.20. The molecule has 2 aromatic carbocycles. The number of hydrogen-bond acceptors (Lipinski definition) is 8. The second-order valence-corrected chi connectivity index (χ2v) is 11.8. The summed E-state index contributed by atoms with van der Waals surface area (Å²) in [6.45, 7) is -3.69. The van der Waals surface area contributed by atoms with Crippen molar-refractivity contribution in [3.8, 4) is 17.4 Å². The first-order valence-electron chi connectivity index (χ1n) is 16.4. The predicted molar refractivity (Wildman–Crippen MR) is 155 cm³/mol. The molecule has 5 saturated heterocycles. The van der Waals surface area contributed by atoms with E-state index < -0.39 is 48.0 Å². The molecule has 4 atom stereocenters. The molecule has 12 heteroatoms. The number of halogens is 3. The van der Waals surface area contributed by atoms with Crippen molar-refractivity contribution < 1.29 is 28.5 Å². The van der Waals surface area contributed by atoms with Crippen LogP contribution in [0.4, 0.5) is 19.0 Å². The fourth-order valence-corrected chi connectivity index (χ4v) is 7.11. The molecule has 43 heavy (non-hydrogen) atoms. The lowest BCUT2D eigenvalue weighted by atomic mass is 9.93. The first kappa shape index (κ1) is 22.6. The van der Waals surface area contributed by atoms with Crippen LogP contribution < -0.4 is 20.5 Å². The second kappa shape index (κ2) is 9.81. The molecule has 2 bridgehead atoms. The van der Waals surface area contributed by atoms with Crippen LogP contribution in [0.5, 0.6) is 11.8 Å². The third kappa shape index (κ3) is 4.25. The Morgan fingerprint density at radius 2 is 2.09 bits per heavy atom. The molecule has 2 unspecified atom stereocenters. The minimum atomic E-state index is -2.67. The zero-order chi connectivity index (χ0) is 33.0. The van der Waals surface area contributed by atoms with Gasteiger partial charge in [0, 0.05) is 58.5 Å². The molecule has 7 heterocycles. The van der Waals surface area contributed by atoms with Gasteiger partial charge < -0.3 is 20.1 Å². The van der Waals surface area contributed by atoms with Crippen LogP contribution in [0.15, 0.2) is 41.3 Å². The van der Waals surface area contributed by atoms with Gasteiger partial charge in [-0.2, -0.15) is 9.97 Å². The van der Waals surface area contributed by atoms with Crippen molar-refractivity contribution in [1.82, 2.24) is 24.8 Å². The van der Waals surface area contributed by atoms with Crippen LogP contribution in [0.3, 0.4) is 0 Å². The number of piperidine rings is 2. The Balaban J connectivity index is 1.31. The molecule has 5 aliphatic rings. The Kier molecular flexibility index (Phi) is 5.16. The maximum Gasteiger partial charge on any atom is 0.319 e. The number of nitrogens with zero attached hydrogens (tertiary/aromatic N) is 5. The van der Waals surface area contributed by atoms with E-state index >= 15 is 4.39 Å². The first-order chi connectivity index (χ1) is 22.3. The maximum atomic E-state index is 15.2. The fourth-order valence-electron chi connectivity index (χ4n) is 7.11. The van der Waals surface area contributed by atoms with Gasteiger partial charge in [0.05, 0.1) is 19.4 Å². The number of piperazine rings is 1. The van der Waals surface area contributed by atoms with E-state index in [0.29, 0.717) is 24.3 Å². The van der Waals surface area contributed by atoms with Crippen LogP contribution in [0.2, 0.25) is 0 Å². The van der Waals surface area contributed by atoms with Gasteiger partial charge in [0.25, 0.3) is 5.56 Å². The largest absolute Gasteiger partial charge is 0.508 e. The summed E-state index contributed by atoms with van der Waals surface area (Å²) in [5.41, 5.74) is -2.75. The van der Waals surface area contributed by atoms with Gasteiger partial charge >= 0.3 is 6.01 Å². The lowest BCUT2D eigenvalue weighted by molar-refractivity contribution is 0.107. The highest BCUT2D eigenvalue weighted by Gasteiger charge is 2.49. The Hall–Kier alpha value is -3.90. The number of pyridine rings is 1. The number of benzene rings is 2. The summed E-state index contributed by atoms with van der Waals surface area (Å²) in [7, 11) is 0. The molecule has 5 aliphatic heterocycles. The average molecular weight is 597 g/mol. The van der Waals surface area contributed by atoms with Crippen molar-refractivity contribution in [3.63, 3.8) is 0 Å². The molecule has 0 radical (unpaired) electrons. The van der Waals surface area contributed by atoms with Crippen LogP contribution in [-0.4, -0.2) is 81.0 Å². The fraction of sp³-hybridized carbons (Fsp3) is 0.452. The molecule has 2 N–H and O–H groups in total. The van der Waals surface area contributed by atoms with Crippen molar-refractivity contribution in [2.75, 3.05) is 37.6 Å². The Morgan fingerprint density at radius 3 is 2.88 bits per heavy atom. The van der Waals surface area contributed by atoms with E-state index in [9.17, 15) is 18.7 Å². The smallest absolute Gasteiger partial charge is 0.319 e. The maximum absolute atomic E-state index is 15.2. The van der Waals surface area contributed by atoms with Crippen molar-refractivity contribution in [2.24, 2.45) is 0 Å². The minimum Gasteiger partial charge on any atom is -0.508 e. The molecule has 0 spiro atoms. The summed E-state index contributed by atoms with van der Waals surface area (Å²) < 4.78 is 86.0. The molecule has 0 saturated carbocycles. The summed E-state index contributed by atoms with van der Waals surface area (Å²) in [6.07, 6.45) is 1.38. The van der Waals surface area contributed by atoms with Crippen molar-refractivity contribution in [3.05, 3.63) is 58.5 Å². The summed E-state index contributed by atoms with van der Waals surface area (Å²) in [5, 5.41) is 14.1.